The van der Waals surface area contributed by atoms with Gasteiger partial charge in [0.15, 0.2) is 0 Å². The fourth-order valence-corrected chi connectivity index (χ4v) is 4.80. The SMILES string of the molecule is COc1cc(C=C2CCCN(Cc3ccc(N4CCOCC4)cc3F)C2=O)ccc1-n1cnc(C)c1. The number of aryl methyl sites for hydroxylation is 1. The highest BCUT2D eigenvalue weighted by Gasteiger charge is 2.24. The largest absolute Gasteiger partial charge is 0.495 e. The Hall–Kier alpha value is -3.65. The second-order valence-corrected chi connectivity index (χ2v) is 9.23. The van der Waals surface area contributed by atoms with Crippen LogP contribution in [0.15, 0.2) is 54.5 Å². The molecule has 3 aromatic rings. The van der Waals surface area contributed by atoms with Gasteiger partial charge in [-0.2, -0.15) is 0 Å². The predicted octanol–water partition coefficient (Wildman–Crippen LogP) is 4.37. The molecule has 1 amide bonds. The Bertz CT molecular complexity index is 1280. The Balaban J connectivity index is 1.32. The quantitative estimate of drug-likeness (QED) is 0.481. The number of anilines is 1. The van der Waals surface area contributed by atoms with Gasteiger partial charge in [0.1, 0.15) is 11.6 Å². The highest BCUT2D eigenvalue weighted by molar-refractivity contribution is 5.98. The number of ether oxygens (including phenoxy) is 2. The van der Waals surface area contributed by atoms with E-state index in [1.54, 1.807) is 30.5 Å². The van der Waals surface area contributed by atoms with Gasteiger partial charge in [0, 0.05) is 49.2 Å². The summed E-state index contributed by atoms with van der Waals surface area (Å²) in [5.41, 5.74) is 4.80. The Labute approximate surface area is 210 Å². The van der Waals surface area contributed by atoms with Gasteiger partial charge in [-0.15, -0.1) is 0 Å². The first kappa shape index (κ1) is 24.1. The average molecular weight is 491 g/mol. The molecule has 2 aliphatic rings. The lowest BCUT2D eigenvalue weighted by atomic mass is 9.99. The average Bonchev–Trinajstić information content (AvgIpc) is 3.33. The minimum atomic E-state index is -0.280. The van der Waals surface area contributed by atoms with Crippen LogP contribution in [0.4, 0.5) is 10.1 Å². The first-order valence-corrected chi connectivity index (χ1v) is 12.3. The summed E-state index contributed by atoms with van der Waals surface area (Å²) < 4.78 is 27.9. The highest BCUT2D eigenvalue weighted by Crippen LogP contribution is 2.28. The molecule has 0 saturated carbocycles. The molecule has 0 atom stereocenters. The zero-order valence-corrected chi connectivity index (χ0v) is 20.7. The molecule has 188 valence electrons. The number of likely N-dealkylation sites (tertiary alicyclic amines) is 1. The van der Waals surface area contributed by atoms with E-state index in [0.29, 0.717) is 37.5 Å². The van der Waals surface area contributed by atoms with E-state index >= 15 is 0 Å². The Morgan fingerprint density at radius 3 is 2.69 bits per heavy atom. The van der Waals surface area contributed by atoms with Gasteiger partial charge in [0.2, 0.25) is 5.91 Å². The number of piperidine rings is 1. The van der Waals surface area contributed by atoms with Crippen LogP contribution in [-0.2, 0) is 16.1 Å². The van der Waals surface area contributed by atoms with Crippen molar-refractivity contribution in [1.82, 2.24) is 14.5 Å². The monoisotopic (exact) mass is 490 g/mol. The molecule has 0 bridgehead atoms. The van der Waals surface area contributed by atoms with Crippen molar-refractivity contribution >= 4 is 17.7 Å². The number of hydrogen-bond donors (Lipinski definition) is 0. The zero-order valence-electron chi connectivity index (χ0n) is 20.7. The predicted molar refractivity (Wildman–Crippen MR) is 137 cm³/mol. The van der Waals surface area contributed by atoms with Crippen LogP contribution >= 0.6 is 0 Å². The zero-order chi connectivity index (χ0) is 25.1. The van der Waals surface area contributed by atoms with Crippen LogP contribution in [0.2, 0.25) is 0 Å². The van der Waals surface area contributed by atoms with Crippen molar-refractivity contribution in [3.05, 3.63) is 77.1 Å². The van der Waals surface area contributed by atoms with Gasteiger partial charge in [0.05, 0.1) is 38.0 Å². The topological polar surface area (TPSA) is 59.8 Å². The summed E-state index contributed by atoms with van der Waals surface area (Å²) in [5, 5.41) is 0. The van der Waals surface area contributed by atoms with Crippen molar-refractivity contribution in [3.63, 3.8) is 0 Å². The summed E-state index contributed by atoms with van der Waals surface area (Å²) in [6, 6.07) is 11.2. The van der Waals surface area contributed by atoms with Gasteiger partial charge in [0.25, 0.3) is 0 Å². The molecule has 0 N–H and O–H groups in total. The van der Waals surface area contributed by atoms with Crippen LogP contribution in [0, 0.1) is 12.7 Å². The summed E-state index contributed by atoms with van der Waals surface area (Å²) in [5.74, 6) is 0.369. The fourth-order valence-electron chi connectivity index (χ4n) is 4.80. The summed E-state index contributed by atoms with van der Waals surface area (Å²) in [7, 11) is 1.63. The van der Waals surface area contributed by atoms with E-state index in [9.17, 15) is 9.18 Å². The maximum Gasteiger partial charge on any atom is 0.250 e. The number of rotatable bonds is 6. The van der Waals surface area contributed by atoms with E-state index in [1.807, 2.05) is 48.0 Å². The van der Waals surface area contributed by atoms with E-state index in [2.05, 4.69) is 9.88 Å². The van der Waals surface area contributed by atoms with E-state index in [4.69, 9.17) is 9.47 Å². The van der Waals surface area contributed by atoms with Gasteiger partial charge < -0.3 is 23.8 Å². The molecule has 0 aliphatic carbocycles. The van der Waals surface area contributed by atoms with Crippen LogP contribution in [0.3, 0.4) is 0 Å². The van der Waals surface area contributed by atoms with Gasteiger partial charge in [-0.3, -0.25) is 4.79 Å². The third-order valence-corrected chi connectivity index (χ3v) is 6.74. The summed E-state index contributed by atoms with van der Waals surface area (Å²) in [6.45, 7) is 5.62. The Morgan fingerprint density at radius 2 is 1.97 bits per heavy atom. The van der Waals surface area contributed by atoms with Crippen molar-refractivity contribution in [2.24, 2.45) is 0 Å². The fraction of sp³-hybridized carbons (Fsp3) is 0.357. The molecular weight excluding hydrogens is 459 g/mol. The smallest absolute Gasteiger partial charge is 0.250 e. The van der Waals surface area contributed by atoms with E-state index in [0.717, 1.165) is 47.7 Å². The Morgan fingerprint density at radius 1 is 1.14 bits per heavy atom. The lowest BCUT2D eigenvalue weighted by Gasteiger charge is -2.30. The molecule has 2 fully saturated rings. The van der Waals surface area contributed by atoms with Crippen LogP contribution in [0.25, 0.3) is 11.8 Å². The van der Waals surface area contributed by atoms with Crippen molar-refractivity contribution in [2.45, 2.75) is 26.3 Å². The van der Waals surface area contributed by atoms with Gasteiger partial charge >= 0.3 is 0 Å². The van der Waals surface area contributed by atoms with Crippen molar-refractivity contribution in [1.29, 1.82) is 0 Å². The first-order chi connectivity index (χ1) is 17.5. The van der Waals surface area contributed by atoms with Crippen LogP contribution in [0.1, 0.15) is 29.7 Å². The van der Waals surface area contributed by atoms with E-state index < -0.39 is 0 Å². The number of nitrogens with zero attached hydrogens (tertiary/aromatic N) is 4. The van der Waals surface area contributed by atoms with Gasteiger partial charge in [-0.1, -0.05) is 12.1 Å². The molecule has 8 heteroatoms. The maximum absolute atomic E-state index is 15.0. The second kappa shape index (κ2) is 10.5. The molecule has 0 unspecified atom stereocenters. The lowest BCUT2D eigenvalue weighted by Crippen LogP contribution is -2.37. The standard InChI is InChI=1S/C28H31FN4O3/c1-20-17-33(19-30-20)26-8-5-21(15-27(26)35-2)14-22-4-3-9-32(28(22)34)18-23-6-7-24(16-25(23)29)31-10-12-36-13-11-31/h5-8,14-17,19H,3-4,9-13,18H2,1-2H3. The molecule has 5 rings (SSSR count). The third-order valence-electron chi connectivity index (χ3n) is 6.74. The van der Waals surface area contributed by atoms with Gasteiger partial charge in [-0.05, 0) is 55.7 Å². The normalized spacial score (nSPS) is 17.6. The number of amides is 1. The molecule has 1 aromatic heterocycles. The van der Waals surface area contributed by atoms with Crippen molar-refractivity contribution < 1.29 is 18.7 Å². The minimum absolute atomic E-state index is 0.0498. The summed E-state index contributed by atoms with van der Waals surface area (Å²) in [4.78, 5) is 21.4. The van der Waals surface area contributed by atoms with Crippen molar-refractivity contribution in [3.8, 4) is 11.4 Å². The molecule has 0 spiro atoms. The molecule has 3 heterocycles. The number of benzene rings is 2. The number of carbonyl (C=O) groups excluding carboxylic acids is 1. The molecule has 2 aromatic carbocycles. The van der Waals surface area contributed by atoms with Crippen LogP contribution in [0.5, 0.6) is 5.75 Å². The molecule has 36 heavy (non-hydrogen) atoms. The Kier molecular flexibility index (Phi) is 7.04. The number of aromatic nitrogens is 2. The highest BCUT2D eigenvalue weighted by atomic mass is 19.1. The van der Waals surface area contributed by atoms with Crippen LogP contribution < -0.4 is 9.64 Å². The molecule has 0 radical (unpaired) electrons. The third kappa shape index (κ3) is 5.14. The van der Waals surface area contributed by atoms with Crippen molar-refractivity contribution in [2.75, 3.05) is 44.9 Å². The molecular formula is C28H31FN4O3. The lowest BCUT2D eigenvalue weighted by molar-refractivity contribution is -0.129. The number of methoxy groups -OCH3 is 1. The summed E-state index contributed by atoms with van der Waals surface area (Å²) in [6.07, 6.45) is 7.14. The minimum Gasteiger partial charge on any atom is -0.495 e. The maximum atomic E-state index is 15.0. The molecule has 7 nitrogen and oxygen atoms in total. The first-order valence-electron chi connectivity index (χ1n) is 12.3. The van der Waals surface area contributed by atoms with Gasteiger partial charge in [-0.25, -0.2) is 9.37 Å². The number of morpholine rings is 1. The van der Waals surface area contributed by atoms with Crippen LogP contribution in [-0.4, -0.2) is 60.3 Å². The van der Waals surface area contributed by atoms with E-state index in [1.165, 1.54) is 0 Å². The number of imidazole rings is 1. The number of hydrogen-bond acceptors (Lipinski definition) is 5. The number of halogens is 1. The molecule has 2 saturated heterocycles. The molecule has 2 aliphatic heterocycles. The summed E-state index contributed by atoms with van der Waals surface area (Å²) >= 11 is 0. The second-order valence-electron chi connectivity index (χ2n) is 9.23. The number of carbonyl (C=O) groups is 1. The van der Waals surface area contributed by atoms with E-state index in [-0.39, 0.29) is 18.3 Å².